The smallest absolute Gasteiger partial charge is 0.207 e. The van der Waals surface area contributed by atoms with Gasteiger partial charge in [0.1, 0.15) is 10.7 Å². The van der Waals surface area contributed by atoms with Crippen LogP contribution in [0.1, 0.15) is 13.3 Å². The van der Waals surface area contributed by atoms with Crippen molar-refractivity contribution in [3.8, 4) is 0 Å². The van der Waals surface area contributed by atoms with Gasteiger partial charge in [-0.25, -0.2) is 12.8 Å². The van der Waals surface area contributed by atoms with Crippen LogP contribution in [-0.4, -0.2) is 31.2 Å². The Morgan fingerprint density at radius 1 is 1.42 bits per heavy atom. The molecular formula is C12H14Cl2FNO2S. The Bertz CT molecular complexity index is 579. The van der Waals surface area contributed by atoms with Crippen LogP contribution in [0.2, 0.25) is 5.02 Å². The first-order chi connectivity index (χ1) is 8.82. The number of piperidine rings is 1. The molecule has 1 aliphatic heterocycles. The minimum Gasteiger partial charge on any atom is -0.207 e. The Balaban J connectivity index is 2.35. The molecule has 2 unspecified atom stereocenters. The van der Waals surface area contributed by atoms with E-state index in [4.69, 9.17) is 23.2 Å². The zero-order chi connectivity index (χ0) is 14.2. The monoisotopic (exact) mass is 325 g/mol. The zero-order valence-electron chi connectivity index (χ0n) is 10.3. The quantitative estimate of drug-likeness (QED) is 0.783. The lowest BCUT2D eigenvalue weighted by Gasteiger charge is -2.33. The van der Waals surface area contributed by atoms with Gasteiger partial charge in [0.15, 0.2) is 0 Å². The Morgan fingerprint density at radius 3 is 2.74 bits per heavy atom. The number of rotatable bonds is 2. The highest BCUT2D eigenvalue weighted by atomic mass is 35.5. The Kier molecular flexibility index (Phi) is 4.40. The van der Waals surface area contributed by atoms with Gasteiger partial charge in [0.25, 0.3) is 0 Å². The summed E-state index contributed by atoms with van der Waals surface area (Å²) in [4.78, 5) is -0.186. The van der Waals surface area contributed by atoms with Gasteiger partial charge in [-0.1, -0.05) is 18.5 Å². The van der Waals surface area contributed by atoms with E-state index < -0.39 is 15.8 Å². The van der Waals surface area contributed by atoms with E-state index in [1.807, 2.05) is 6.92 Å². The molecule has 2 rings (SSSR count). The Hall–Kier alpha value is -0.360. The van der Waals surface area contributed by atoms with Crippen LogP contribution in [0.15, 0.2) is 23.1 Å². The molecule has 0 spiro atoms. The van der Waals surface area contributed by atoms with Gasteiger partial charge in [-0.3, -0.25) is 0 Å². The first-order valence-electron chi connectivity index (χ1n) is 5.91. The summed E-state index contributed by atoms with van der Waals surface area (Å²) in [5, 5.41) is -0.00326. The van der Waals surface area contributed by atoms with Crippen LogP contribution in [0.3, 0.4) is 0 Å². The largest absolute Gasteiger partial charge is 0.244 e. The van der Waals surface area contributed by atoms with E-state index >= 15 is 0 Å². The minimum absolute atomic E-state index is 0.0297. The maximum atomic E-state index is 13.2. The molecule has 106 valence electrons. The lowest BCUT2D eigenvalue weighted by molar-refractivity contribution is 0.286. The number of benzene rings is 1. The summed E-state index contributed by atoms with van der Waals surface area (Å²) >= 11 is 11.9. The zero-order valence-corrected chi connectivity index (χ0v) is 12.6. The van der Waals surface area contributed by atoms with Crippen LogP contribution in [0.4, 0.5) is 4.39 Å². The van der Waals surface area contributed by atoms with E-state index in [1.54, 1.807) is 0 Å². The third-order valence-corrected chi connectivity index (χ3v) is 6.27. The average Bonchev–Trinajstić information content (AvgIpc) is 2.35. The summed E-state index contributed by atoms with van der Waals surface area (Å²) in [7, 11) is -3.77. The van der Waals surface area contributed by atoms with Crippen molar-refractivity contribution in [1.82, 2.24) is 4.31 Å². The molecule has 1 aromatic carbocycles. The molecule has 0 amide bonds. The second-order valence-electron chi connectivity index (χ2n) is 4.72. The fourth-order valence-electron chi connectivity index (χ4n) is 2.11. The molecule has 1 fully saturated rings. The molecule has 2 atom stereocenters. The van der Waals surface area contributed by atoms with Gasteiger partial charge in [0.05, 0.1) is 5.02 Å². The molecule has 1 saturated heterocycles. The van der Waals surface area contributed by atoms with Crippen molar-refractivity contribution < 1.29 is 12.8 Å². The van der Waals surface area contributed by atoms with E-state index in [-0.39, 0.29) is 21.2 Å². The Labute approximate surface area is 122 Å². The van der Waals surface area contributed by atoms with E-state index in [9.17, 15) is 12.8 Å². The van der Waals surface area contributed by atoms with Gasteiger partial charge >= 0.3 is 0 Å². The third kappa shape index (κ3) is 3.05. The summed E-state index contributed by atoms with van der Waals surface area (Å²) in [5.41, 5.74) is 0. The minimum atomic E-state index is -3.77. The highest BCUT2D eigenvalue weighted by molar-refractivity contribution is 7.89. The van der Waals surface area contributed by atoms with Crippen molar-refractivity contribution in [2.75, 3.05) is 13.1 Å². The predicted molar refractivity (Wildman–Crippen MR) is 73.6 cm³/mol. The number of alkyl halides is 1. The number of hydrogen-bond acceptors (Lipinski definition) is 2. The molecule has 7 heteroatoms. The van der Waals surface area contributed by atoms with Crippen molar-refractivity contribution in [3.05, 3.63) is 29.0 Å². The van der Waals surface area contributed by atoms with Crippen LogP contribution in [0.25, 0.3) is 0 Å². The molecule has 0 saturated carbocycles. The molecule has 0 aromatic heterocycles. The lowest BCUT2D eigenvalue weighted by atomic mass is 10.0. The van der Waals surface area contributed by atoms with Gasteiger partial charge in [-0.05, 0) is 30.5 Å². The SMILES string of the molecule is CC1CN(S(=O)(=O)c2cc(F)ccc2Cl)CCC1Cl. The summed E-state index contributed by atoms with van der Waals surface area (Å²) in [6, 6.07) is 3.34. The van der Waals surface area contributed by atoms with Crippen LogP contribution >= 0.6 is 23.2 Å². The molecule has 0 radical (unpaired) electrons. The maximum Gasteiger partial charge on any atom is 0.244 e. The first kappa shape index (κ1) is 15.0. The highest BCUT2D eigenvalue weighted by Crippen LogP contribution is 2.30. The first-order valence-corrected chi connectivity index (χ1v) is 8.17. The van der Waals surface area contributed by atoms with Gasteiger partial charge < -0.3 is 0 Å². The fraction of sp³-hybridized carbons (Fsp3) is 0.500. The van der Waals surface area contributed by atoms with E-state index in [2.05, 4.69) is 0 Å². The van der Waals surface area contributed by atoms with Gasteiger partial charge in [-0.15, -0.1) is 11.6 Å². The Morgan fingerprint density at radius 2 is 2.11 bits per heavy atom. The number of halogens is 3. The fourth-order valence-corrected chi connectivity index (χ4v) is 4.33. The molecule has 1 heterocycles. The van der Waals surface area contributed by atoms with Crippen LogP contribution in [0.5, 0.6) is 0 Å². The molecule has 1 aliphatic rings. The predicted octanol–water partition coefficient (Wildman–Crippen LogP) is 3.12. The molecule has 0 aliphatic carbocycles. The number of nitrogens with zero attached hydrogens (tertiary/aromatic N) is 1. The van der Waals surface area contributed by atoms with Gasteiger partial charge in [0.2, 0.25) is 10.0 Å². The average molecular weight is 326 g/mol. The van der Waals surface area contributed by atoms with Crippen molar-refractivity contribution in [2.45, 2.75) is 23.6 Å². The van der Waals surface area contributed by atoms with Crippen LogP contribution < -0.4 is 0 Å². The highest BCUT2D eigenvalue weighted by Gasteiger charge is 2.33. The van der Waals surface area contributed by atoms with E-state index in [0.29, 0.717) is 19.5 Å². The normalized spacial score (nSPS) is 25.5. The molecule has 0 bridgehead atoms. The lowest BCUT2D eigenvalue weighted by Crippen LogP contribution is -2.43. The maximum absolute atomic E-state index is 13.2. The third-order valence-electron chi connectivity index (χ3n) is 3.27. The van der Waals surface area contributed by atoms with Crippen molar-refractivity contribution in [2.24, 2.45) is 5.92 Å². The standard InChI is InChI=1S/C12H14Cl2FNO2S/c1-8-7-16(5-4-10(8)13)19(17,18)12-6-9(15)2-3-11(12)14/h2-3,6,8,10H,4-5,7H2,1H3. The summed E-state index contributed by atoms with van der Waals surface area (Å²) < 4.78 is 39.4. The van der Waals surface area contributed by atoms with Crippen LogP contribution in [0, 0.1) is 11.7 Å². The molecular weight excluding hydrogens is 312 g/mol. The van der Waals surface area contributed by atoms with Crippen molar-refractivity contribution in [1.29, 1.82) is 0 Å². The molecule has 0 N–H and O–H groups in total. The summed E-state index contributed by atoms with van der Waals surface area (Å²) in [6.45, 7) is 2.55. The molecule has 1 aromatic rings. The second kappa shape index (κ2) is 5.56. The summed E-state index contributed by atoms with van der Waals surface area (Å²) in [6.07, 6.45) is 0.578. The van der Waals surface area contributed by atoms with Crippen molar-refractivity contribution in [3.63, 3.8) is 0 Å². The van der Waals surface area contributed by atoms with E-state index in [0.717, 1.165) is 12.1 Å². The second-order valence-corrected chi connectivity index (χ2v) is 7.59. The van der Waals surface area contributed by atoms with Gasteiger partial charge in [0, 0.05) is 18.5 Å². The number of hydrogen-bond donors (Lipinski definition) is 0. The van der Waals surface area contributed by atoms with Crippen molar-refractivity contribution >= 4 is 33.2 Å². The molecule has 3 nitrogen and oxygen atoms in total. The topological polar surface area (TPSA) is 37.4 Å². The number of sulfonamides is 1. The van der Waals surface area contributed by atoms with E-state index in [1.165, 1.54) is 10.4 Å². The molecule has 19 heavy (non-hydrogen) atoms. The van der Waals surface area contributed by atoms with Gasteiger partial charge in [-0.2, -0.15) is 4.31 Å². The summed E-state index contributed by atoms with van der Waals surface area (Å²) in [5.74, 6) is -0.569. The van der Waals surface area contributed by atoms with Crippen LogP contribution in [-0.2, 0) is 10.0 Å².